The van der Waals surface area contributed by atoms with Gasteiger partial charge in [0.2, 0.25) is 0 Å². The average Bonchev–Trinajstić information content (AvgIpc) is 3.16. The molecule has 0 aliphatic rings. The number of hydrogen-bond acceptors (Lipinski definition) is 6. The van der Waals surface area contributed by atoms with Gasteiger partial charge in [0.15, 0.2) is 5.13 Å². The summed E-state index contributed by atoms with van der Waals surface area (Å²) in [4.78, 5) is 17.1. The van der Waals surface area contributed by atoms with Crippen LogP contribution in [0.3, 0.4) is 0 Å². The van der Waals surface area contributed by atoms with E-state index in [1.54, 1.807) is 60.7 Å². The third kappa shape index (κ3) is 4.46. The van der Waals surface area contributed by atoms with Gasteiger partial charge in [0.05, 0.1) is 26.7 Å². The summed E-state index contributed by atoms with van der Waals surface area (Å²) in [5.41, 5.74) is 3.90. The number of benzene rings is 3. The number of sulfonamides is 1. The molecule has 0 saturated carbocycles. The first kappa shape index (κ1) is 21.5. The van der Waals surface area contributed by atoms with E-state index in [0.29, 0.717) is 22.3 Å². The number of anilines is 2. The standard InChI is InChI=1S/C23H18N4O3S2/c1-14-3-9-19(10-4-14)32(29,30)27-23-26-21-15(2)11-18(12-20(21)31-23)25-22(28)17-7-5-16(13-24)6-8-17/h3-12H,1-2H3,(H,25,28)(H,26,27). The third-order valence-electron chi connectivity index (χ3n) is 4.77. The highest BCUT2D eigenvalue weighted by molar-refractivity contribution is 7.93. The molecule has 0 saturated heterocycles. The molecule has 0 fully saturated rings. The fraction of sp³-hybridized carbons (Fsp3) is 0.0870. The maximum absolute atomic E-state index is 12.7. The first-order chi connectivity index (χ1) is 15.2. The molecule has 1 amide bonds. The van der Waals surface area contributed by atoms with E-state index in [1.807, 2.05) is 19.9 Å². The van der Waals surface area contributed by atoms with Gasteiger partial charge < -0.3 is 5.32 Å². The van der Waals surface area contributed by atoms with Gasteiger partial charge in [-0.3, -0.25) is 9.52 Å². The lowest BCUT2D eigenvalue weighted by Gasteiger charge is -2.07. The van der Waals surface area contributed by atoms with Gasteiger partial charge in [-0.25, -0.2) is 13.4 Å². The van der Waals surface area contributed by atoms with Crippen molar-refractivity contribution < 1.29 is 13.2 Å². The van der Waals surface area contributed by atoms with Crippen molar-refractivity contribution in [2.24, 2.45) is 0 Å². The van der Waals surface area contributed by atoms with E-state index >= 15 is 0 Å². The molecule has 3 aromatic carbocycles. The highest BCUT2D eigenvalue weighted by Gasteiger charge is 2.18. The molecule has 7 nitrogen and oxygen atoms in total. The van der Waals surface area contributed by atoms with Gasteiger partial charge in [0.25, 0.3) is 15.9 Å². The van der Waals surface area contributed by atoms with E-state index in [1.165, 1.54) is 11.3 Å². The number of hydrogen-bond donors (Lipinski definition) is 2. The van der Waals surface area contributed by atoms with Crippen molar-refractivity contribution in [1.82, 2.24) is 4.98 Å². The molecule has 0 spiro atoms. The topological polar surface area (TPSA) is 112 Å². The minimum Gasteiger partial charge on any atom is -0.322 e. The van der Waals surface area contributed by atoms with Crippen LogP contribution < -0.4 is 10.0 Å². The molecule has 4 rings (SSSR count). The zero-order chi connectivity index (χ0) is 22.9. The maximum atomic E-state index is 12.7. The van der Waals surface area contributed by atoms with E-state index in [2.05, 4.69) is 15.0 Å². The highest BCUT2D eigenvalue weighted by atomic mass is 32.2. The van der Waals surface area contributed by atoms with Crippen LogP contribution in [-0.4, -0.2) is 19.3 Å². The Labute approximate surface area is 189 Å². The molecule has 4 aromatic rings. The molecule has 0 aliphatic heterocycles. The second-order valence-corrected chi connectivity index (χ2v) is 9.93. The zero-order valence-corrected chi connectivity index (χ0v) is 18.8. The number of nitrogens with zero attached hydrogens (tertiary/aromatic N) is 2. The molecule has 0 radical (unpaired) electrons. The molecular formula is C23H18N4O3S2. The van der Waals surface area contributed by atoms with Gasteiger partial charge in [-0.2, -0.15) is 5.26 Å². The van der Waals surface area contributed by atoms with Crippen LogP contribution in [0.4, 0.5) is 10.8 Å². The summed E-state index contributed by atoms with van der Waals surface area (Å²) in [6.07, 6.45) is 0. The Morgan fingerprint density at radius 2 is 1.72 bits per heavy atom. The number of thiazole rings is 1. The SMILES string of the molecule is Cc1ccc(S(=O)(=O)Nc2nc3c(C)cc(NC(=O)c4ccc(C#N)cc4)cc3s2)cc1. The van der Waals surface area contributed by atoms with E-state index in [4.69, 9.17) is 5.26 Å². The average molecular weight is 463 g/mol. The van der Waals surface area contributed by atoms with Gasteiger partial charge in [-0.05, 0) is 67.9 Å². The van der Waals surface area contributed by atoms with Crippen LogP contribution in [0.25, 0.3) is 10.2 Å². The smallest absolute Gasteiger partial charge is 0.263 e. The van der Waals surface area contributed by atoms with Crippen molar-refractivity contribution >= 4 is 48.3 Å². The summed E-state index contributed by atoms with van der Waals surface area (Å²) in [7, 11) is -3.76. The number of nitriles is 1. The lowest BCUT2D eigenvalue weighted by Crippen LogP contribution is -2.12. The largest absolute Gasteiger partial charge is 0.322 e. The van der Waals surface area contributed by atoms with Crippen molar-refractivity contribution in [1.29, 1.82) is 5.26 Å². The Balaban J connectivity index is 1.58. The predicted octanol–water partition coefficient (Wildman–Crippen LogP) is 4.84. The summed E-state index contributed by atoms with van der Waals surface area (Å²) in [6, 6.07) is 18.5. The van der Waals surface area contributed by atoms with Crippen LogP contribution in [0.2, 0.25) is 0 Å². The predicted molar refractivity (Wildman–Crippen MR) is 125 cm³/mol. The number of carbonyl (C=O) groups is 1. The number of nitrogens with one attached hydrogen (secondary N) is 2. The van der Waals surface area contributed by atoms with Crippen LogP contribution in [0.1, 0.15) is 27.0 Å². The first-order valence-corrected chi connectivity index (χ1v) is 11.9. The molecule has 2 N–H and O–H groups in total. The lowest BCUT2D eigenvalue weighted by molar-refractivity contribution is 0.102. The van der Waals surface area contributed by atoms with Gasteiger partial charge in [0.1, 0.15) is 0 Å². The summed E-state index contributed by atoms with van der Waals surface area (Å²) >= 11 is 1.19. The monoisotopic (exact) mass is 462 g/mol. The summed E-state index contributed by atoms with van der Waals surface area (Å²) in [5.74, 6) is -0.307. The maximum Gasteiger partial charge on any atom is 0.263 e. The Hall–Kier alpha value is -3.74. The van der Waals surface area contributed by atoms with Gasteiger partial charge in [-0.1, -0.05) is 29.0 Å². The fourth-order valence-electron chi connectivity index (χ4n) is 3.10. The molecule has 0 aliphatic carbocycles. The second-order valence-electron chi connectivity index (χ2n) is 7.22. The Bertz CT molecular complexity index is 1470. The molecular weight excluding hydrogens is 444 g/mol. The van der Waals surface area contributed by atoms with Crippen molar-refractivity contribution in [3.63, 3.8) is 0 Å². The minimum absolute atomic E-state index is 0.162. The number of rotatable bonds is 5. The van der Waals surface area contributed by atoms with Crippen molar-refractivity contribution in [3.05, 3.63) is 82.9 Å². The van der Waals surface area contributed by atoms with Crippen LogP contribution in [-0.2, 0) is 10.0 Å². The molecule has 0 atom stereocenters. The van der Waals surface area contributed by atoms with Crippen LogP contribution >= 0.6 is 11.3 Å². The van der Waals surface area contributed by atoms with Gasteiger partial charge in [-0.15, -0.1) is 0 Å². The quantitative estimate of drug-likeness (QED) is 0.441. The highest BCUT2D eigenvalue weighted by Crippen LogP contribution is 2.32. The van der Waals surface area contributed by atoms with Gasteiger partial charge >= 0.3 is 0 Å². The minimum atomic E-state index is -3.76. The van der Waals surface area contributed by atoms with Crippen molar-refractivity contribution in [3.8, 4) is 6.07 Å². The van der Waals surface area contributed by atoms with E-state index in [9.17, 15) is 13.2 Å². The number of aryl methyl sites for hydroxylation is 2. The summed E-state index contributed by atoms with van der Waals surface area (Å²) in [5, 5.41) is 12.0. The van der Waals surface area contributed by atoms with Crippen LogP contribution in [0.15, 0.2) is 65.6 Å². The Morgan fingerprint density at radius 1 is 1.03 bits per heavy atom. The van der Waals surface area contributed by atoms with Crippen molar-refractivity contribution in [2.75, 3.05) is 10.0 Å². The molecule has 0 bridgehead atoms. The Morgan fingerprint density at radius 3 is 2.38 bits per heavy atom. The first-order valence-electron chi connectivity index (χ1n) is 9.57. The van der Waals surface area contributed by atoms with Crippen LogP contribution in [0, 0.1) is 25.2 Å². The molecule has 1 aromatic heterocycles. The molecule has 0 unspecified atom stereocenters. The molecule has 1 heterocycles. The third-order valence-corrected chi connectivity index (χ3v) is 7.17. The number of fused-ring (bicyclic) bond motifs is 1. The Kier molecular flexibility index (Phi) is 5.65. The normalized spacial score (nSPS) is 11.2. The number of carbonyl (C=O) groups excluding carboxylic acids is 1. The molecule has 9 heteroatoms. The van der Waals surface area contributed by atoms with E-state index < -0.39 is 10.0 Å². The summed E-state index contributed by atoms with van der Waals surface area (Å²) in [6.45, 7) is 3.73. The van der Waals surface area contributed by atoms with E-state index in [-0.39, 0.29) is 15.9 Å². The van der Waals surface area contributed by atoms with Crippen LogP contribution in [0.5, 0.6) is 0 Å². The second kappa shape index (κ2) is 8.42. The zero-order valence-electron chi connectivity index (χ0n) is 17.2. The number of amides is 1. The molecule has 32 heavy (non-hydrogen) atoms. The van der Waals surface area contributed by atoms with E-state index in [0.717, 1.165) is 15.8 Å². The van der Waals surface area contributed by atoms with Crippen molar-refractivity contribution in [2.45, 2.75) is 18.7 Å². The molecule has 160 valence electrons. The number of aromatic nitrogens is 1. The summed E-state index contributed by atoms with van der Waals surface area (Å²) < 4.78 is 28.6. The lowest BCUT2D eigenvalue weighted by atomic mass is 10.1. The fourth-order valence-corrected chi connectivity index (χ4v) is 5.32. The van der Waals surface area contributed by atoms with Gasteiger partial charge in [0, 0.05) is 11.3 Å².